The molecule has 0 aliphatic rings. The molecular weight excluding hydrogens is 294 g/mol. The van der Waals surface area contributed by atoms with E-state index in [0.717, 1.165) is 16.0 Å². The van der Waals surface area contributed by atoms with Crippen LogP contribution in [0.15, 0.2) is 34.2 Å². The molecule has 0 unspecified atom stereocenters. The lowest BCUT2D eigenvalue weighted by atomic mass is 10.1. The molecule has 0 aliphatic heterocycles. The van der Waals surface area contributed by atoms with Crippen LogP contribution in [0, 0.1) is 6.92 Å². The maximum absolute atomic E-state index is 5.98. The maximum atomic E-state index is 5.98. The van der Waals surface area contributed by atoms with Crippen molar-refractivity contribution in [3.8, 4) is 10.8 Å². The van der Waals surface area contributed by atoms with Crippen LogP contribution in [-0.2, 0) is 6.42 Å². The van der Waals surface area contributed by atoms with Gasteiger partial charge in [-0.2, -0.15) is 4.98 Å². The number of nitrogen functional groups attached to an aromatic ring is 1. The Morgan fingerprint density at radius 3 is 2.95 bits per heavy atom. The van der Waals surface area contributed by atoms with Crippen molar-refractivity contribution in [2.24, 2.45) is 0 Å². The summed E-state index contributed by atoms with van der Waals surface area (Å²) in [6, 6.07) is 7.61. The molecular formula is C14H12ClN3OS. The van der Waals surface area contributed by atoms with Crippen molar-refractivity contribution >= 4 is 28.6 Å². The number of anilines is 1. The number of benzene rings is 1. The van der Waals surface area contributed by atoms with Crippen molar-refractivity contribution < 1.29 is 4.52 Å². The van der Waals surface area contributed by atoms with E-state index in [1.807, 2.05) is 36.6 Å². The molecule has 0 radical (unpaired) electrons. The molecule has 2 aromatic heterocycles. The fourth-order valence-electron chi connectivity index (χ4n) is 1.87. The molecule has 3 aromatic rings. The molecule has 0 bridgehead atoms. The summed E-state index contributed by atoms with van der Waals surface area (Å²) >= 11 is 7.47. The number of nitrogens with zero attached hydrogens (tertiary/aromatic N) is 2. The number of hydrogen-bond donors (Lipinski definition) is 1. The summed E-state index contributed by atoms with van der Waals surface area (Å²) in [5.74, 6) is 1.09. The van der Waals surface area contributed by atoms with Gasteiger partial charge in [-0.25, -0.2) is 0 Å². The van der Waals surface area contributed by atoms with Crippen molar-refractivity contribution in [1.29, 1.82) is 0 Å². The monoisotopic (exact) mass is 305 g/mol. The number of aryl methyl sites for hydroxylation is 1. The quantitative estimate of drug-likeness (QED) is 0.796. The van der Waals surface area contributed by atoms with Crippen LogP contribution in [0.3, 0.4) is 0 Å². The van der Waals surface area contributed by atoms with E-state index in [4.69, 9.17) is 21.9 Å². The summed E-state index contributed by atoms with van der Waals surface area (Å²) in [6.45, 7) is 1.96. The molecule has 0 atom stereocenters. The third kappa shape index (κ3) is 2.55. The Morgan fingerprint density at radius 2 is 2.25 bits per heavy atom. The molecule has 0 amide bonds. The van der Waals surface area contributed by atoms with Gasteiger partial charge < -0.3 is 10.3 Å². The van der Waals surface area contributed by atoms with Gasteiger partial charge in [-0.1, -0.05) is 28.9 Å². The van der Waals surface area contributed by atoms with Gasteiger partial charge >= 0.3 is 0 Å². The van der Waals surface area contributed by atoms with E-state index in [1.54, 1.807) is 0 Å². The first-order chi connectivity index (χ1) is 9.63. The molecule has 0 spiro atoms. The molecule has 102 valence electrons. The second-order valence-corrected chi connectivity index (χ2v) is 5.80. The van der Waals surface area contributed by atoms with E-state index < -0.39 is 0 Å². The van der Waals surface area contributed by atoms with Crippen molar-refractivity contribution in [2.45, 2.75) is 13.3 Å². The molecule has 2 N–H and O–H groups in total. The van der Waals surface area contributed by atoms with E-state index in [9.17, 15) is 0 Å². The first kappa shape index (κ1) is 13.1. The van der Waals surface area contributed by atoms with Crippen molar-refractivity contribution in [3.05, 3.63) is 51.6 Å². The molecule has 3 rings (SSSR count). The third-order valence-corrected chi connectivity index (χ3v) is 4.27. The van der Waals surface area contributed by atoms with Gasteiger partial charge in [0.25, 0.3) is 5.89 Å². The fraction of sp³-hybridized carbons (Fsp3) is 0.143. The molecule has 0 saturated carbocycles. The Morgan fingerprint density at radius 1 is 1.40 bits per heavy atom. The summed E-state index contributed by atoms with van der Waals surface area (Å²) in [6.07, 6.45) is 0.578. The predicted octanol–water partition coefficient (Wildman–Crippen LogP) is 3.93. The second kappa shape index (κ2) is 5.26. The lowest BCUT2D eigenvalue weighted by Gasteiger charge is -1.96. The van der Waals surface area contributed by atoms with E-state index in [-0.39, 0.29) is 0 Å². The summed E-state index contributed by atoms with van der Waals surface area (Å²) in [7, 11) is 0. The van der Waals surface area contributed by atoms with E-state index in [2.05, 4.69) is 10.1 Å². The van der Waals surface area contributed by atoms with Crippen molar-refractivity contribution in [2.75, 3.05) is 5.73 Å². The lowest BCUT2D eigenvalue weighted by Crippen LogP contribution is -1.91. The van der Waals surface area contributed by atoms with Gasteiger partial charge in [-0.3, -0.25) is 0 Å². The van der Waals surface area contributed by atoms with Crippen LogP contribution in [0.2, 0.25) is 5.02 Å². The molecule has 1 aromatic carbocycles. The zero-order chi connectivity index (χ0) is 14.1. The zero-order valence-corrected chi connectivity index (χ0v) is 12.3. The Labute approximate surface area is 125 Å². The molecule has 20 heavy (non-hydrogen) atoms. The van der Waals surface area contributed by atoms with Gasteiger partial charge in [0.05, 0.1) is 5.69 Å². The number of nitrogens with two attached hydrogens (primary N) is 1. The maximum Gasteiger partial charge on any atom is 0.270 e. The molecule has 0 aliphatic carbocycles. The number of hydrogen-bond acceptors (Lipinski definition) is 5. The van der Waals surface area contributed by atoms with Crippen molar-refractivity contribution in [1.82, 2.24) is 10.1 Å². The van der Waals surface area contributed by atoms with E-state index in [0.29, 0.717) is 28.8 Å². The third-order valence-electron chi connectivity index (χ3n) is 2.94. The van der Waals surface area contributed by atoms with Gasteiger partial charge in [0.1, 0.15) is 4.88 Å². The number of thiophene rings is 1. The molecule has 6 heteroatoms. The van der Waals surface area contributed by atoms with Crippen LogP contribution in [0.25, 0.3) is 10.8 Å². The van der Waals surface area contributed by atoms with Crippen LogP contribution in [-0.4, -0.2) is 10.1 Å². The Bertz CT molecular complexity index is 750. The fourth-order valence-corrected chi connectivity index (χ4v) is 2.97. The smallest absolute Gasteiger partial charge is 0.270 e. The van der Waals surface area contributed by atoms with E-state index in [1.165, 1.54) is 11.3 Å². The Kier molecular flexibility index (Phi) is 3.46. The normalized spacial score (nSPS) is 10.9. The minimum Gasteiger partial charge on any atom is -0.397 e. The average Bonchev–Trinajstić information content (AvgIpc) is 2.98. The van der Waals surface area contributed by atoms with Crippen LogP contribution in [0.5, 0.6) is 0 Å². The first-order valence-corrected chi connectivity index (χ1v) is 7.30. The first-order valence-electron chi connectivity index (χ1n) is 6.04. The molecule has 2 heterocycles. The average molecular weight is 306 g/mol. The summed E-state index contributed by atoms with van der Waals surface area (Å²) in [5.41, 5.74) is 8.75. The molecule has 4 nitrogen and oxygen atoms in total. The number of rotatable bonds is 3. The minimum absolute atomic E-state index is 0.470. The highest BCUT2D eigenvalue weighted by Gasteiger charge is 2.15. The van der Waals surface area contributed by atoms with Crippen LogP contribution in [0.4, 0.5) is 5.69 Å². The Hall–Kier alpha value is -1.85. The molecule has 0 saturated heterocycles. The lowest BCUT2D eigenvalue weighted by molar-refractivity contribution is 0.425. The Balaban J connectivity index is 1.85. The van der Waals surface area contributed by atoms with Crippen LogP contribution < -0.4 is 5.73 Å². The van der Waals surface area contributed by atoms with Gasteiger partial charge in [0, 0.05) is 11.4 Å². The van der Waals surface area contributed by atoms with Crippen molar-refractivity contribution in [3.63, 3.8) is 0 Å². The predicted molar refractivity (Wildman–Crippen MR) is 81.0 cm³/mol. The van der Waals surface area contributed by atoms with Gasteiger partial charge in [0.15, 0.2) is 5.82 Å². The largest absolute Gasteiger partial charge is 0.397 e. The number of aromatic nitrogens is 2. The molecule has 0 fully saturated rings. The van der Waals surface area contributed by atoms with Gasteiger partial charge in [0.2, 0.25) is 0 Å². The highest BCUT2D eigenvalue weighted by Crippen LogP contribution is 2.33. The topological polar surface area (TPSA) is 64.9 Å². The summed E-state index contributed by atoms with van der Waals surface area (Å²) in [5, 5.41) is 6.67. The van der Waals surface area contributed by atoms with Crippen LogP contribution in [0.1, 0.15) is 17.0 Å². The van der Waals surface area contributed by atoms with Crippen LogP contribution >= 0.6 is 22.9 Å². The SMILES string of the molecule is Cc1csc(-c2nc(Cc3cccc(Cl)c3)no2)c1N. The second-order valence-electron chi connectivity index (χ2n) is 4.48. The summed E-state index contributed by atoms with van der Waals surface area (Å²) < 4.78 is 5.28. The standard InChI is InChI=1S/C14H12ClN3OS/c1-8-7-20-13(12(8)16)14-17-11(18-19-14)6-9-3-2-4-10(15)5-9/h2-5,7H,6,16H2,1H3. The van der Waals surface area contributed by atoms with Gasteiger partial charge in [-0.05, 0) is 35.6 Å². The zero-order valence-electron chi connectivity index (χ0n) is 10.8. The highest BCUT2D eigenvalue weighted by molar-refractivity contribution is 7.14. The van der Waals surface area contributed by atoms with Gasteiger partial charge in [-0.15, -0.1) is 11.3 Å². The highest BCUT2D eigenvalue weighted by atomic mass is 35.5. The minimum atomic E-state index is 0.470. The number of halogens is 1. The summed E-state index contributed by atoms with van der Waals surface area (Å²) in [4.78, 5) is 5.22. The van der Waals surface area contributed by atoms with E-state index >= 15 is 0 Å².